The van der Waals surface area contributed by atoms with Crippen molar-refractivity contribution in [3.05, 3.63) is 53.2 Å². The Labute approximate surface area is 164 Å². The molecule has 2 heterocycles. The minimum atomic E-state index is 0.0934. The van der Waals surface area contributed by atoms with Crippen LogP contribution in [-0.2, 0) is 11.2 Å². The number of rotatable bonds is 6. The van der Waals surface area contributed by atoms with Crippen LogP contribution in [0.2, 0.25) is 0 Å². The second kappa shape index (κ2) is 8.61. The van der Waals surface area contributed by atoms with Crippen molar-refractivity contribution in [1.29, 1.82) is 0 Å². The molecule has 0 aliphatic heterocycles. The molecule has 1 saturated carbocycles. The van der Waals surface area contributed by atoms with Crippen LogP contribution < -0.4 is 5.32 Å². The number of para-hydroxylation sites is 1. The van der Waals surface area contributed by atoms with Crippen LogP contribution >= 0.6 is 11.3 Å². The number of nitrogens with zero attached hydrogens (tertiary/aromatic N) is 2. The molecule has 0 saturated heterocycles. The van der Waals surface area contributed by atoms with Gasteiger partial charge in [0.15, 0.2) is 5.13 Å². The molecule has 4 nitrogen and oxygen atoms in total. The van der Waals surface area contributed by atoms with Crippen molar-refractivity contribution in [3.8, 4) is 0 Å². The summed E-state index contributed by atoms with van der Waals surface area (Å²) >= 11 is 1.56. The van der Waals surface area contributed by atoms with Gasteiger partial charge < -0.3 is 5.32 Å². The highest BCUT2D eigenvalue weighted by molar-refractivity contribution is 7.15. The summed E-state index contributed by atoms with van der Waals surface area (Å²) in [5.41, 5.74) is 2.25. The van der Waals surface area contributed by atoms with Crippen molar-refractivity contribution >= 4 is 33.3 Å². The Morgan fingerprint density at radius 3 is 2.85 bits per heavy atom. The predicted molar refractivity (Wildman–Crippen MR) is 111 cm³/mol. The number of thiazole rings is 1. The van der Waals surface area contributed by atoms with Crippen LogP contribution in [0.1, 0.15) is 55.4 Å². The fourth-order valence-corrected chi connectivity index (χ4v) is 4.79. The average molecular weight is 380 g/mol. The molecular formula is C22H25N3OS. The zero-order chi connectivity index (χ0) is 18.5. The molecule has 0 bridgehead atoms. The smallest absolute Gasteiger partial charge is 0.226 e. The summed E-state index contributed by atoms with van der Waals surface area (Å²) in [5.74, 6) is 0.826. The van der Waals surface area contributed by atoms with Crippen molar-refractivity contribution in [1.82, 2.24) is 9.97 Å². The molecule has 1 fully saturated rings. The van der Waals surface area contributed by atoms with Crippen LogP contribution in [0.25, 0.3) is 10.9 Å². The van der Waals surface area contributed by atoms with Gasteiger partial charge in [-0.25, -0.2) is 4.98 Å². The molecule has 0 spiro atoms. The van der Waals surface area contributed by atoms with Gasteiger partial charge in [0, 0.05) is 35.5 Å². The highest BCUT2D eigenvalue weighted by Crippen LogP contribution is 2.28. The summed E-state index contributed by atoms with van der Waals surface area (Å²) < 4.78 is 0. The van der Waals surface area contributed by atoms with Crippen LogP contribution in [0.3, 0.4) is 0 Å². The molecule has 3 aromatic rings. The largest absolute Gasteiger partial charge is 0.302 e. The standard InChI is InChI=1S/C22H25N3OS/c26-21(11-10-16-6-2-1-3-7-16)25-22-24-15-18(27-22)14-17-12-13-23-20-9-5-4-8-19(17)20/h4-5,8-9,12-13,15-16H,1-3,6-7,10-11,14H2,(H,24,25,26). The number of hydrogen-bond donors (Lipinski definition) is 1. The summed E-state index contributed by atoms with van der Waals surface area (Å²) in [5, 5.41) is 4.86. The number of carbonyl (C=O) groups excluding carboxylic acids is 1. The van der Waals surface area contributed by atoms with E-state index in [1.165, 1.54) is 43.1 Å². The van der Waals surface area contributed by atoms with Crippen LogP contribution in [-0.4, -0.2) is 15.9 Å². The van der Waals surface area contributed by atoms with Crippen molar-refractivity contribution in [2.24, 2.45) is 5.92 Å². The Morgan fingerprint density at radius 2 is 1.96 bits per heavy atom. The van der Waals surface area contributed by atoms with Gasteiger partial charge in [0.05, 0.1) is 5.52 Å². The molecule has 1 aromatic carbocycles. The van der Waals surface area contributed by atoms with Gasteiger partial charge in [0.1, 0.15) is 0 Å². The van der Waals surface area contributed by atoms with Gasteiger partial charge >= 0.3 is 0 Å². The summed E-state index contributed by atoms with van der Waals surface area (Å²) in [4.78, 5) is 22.2. The van der Waals surface area contributed by atoms with E-state index in [-0.39, 0.29) is 5.91 Å². The quantitative estimate of drug-likeness (QED) is 0.608. The molecule has 4 rings (SSSR count). The molecule has 0 atom stereocenters. The molecule has 1 amide bonds. The number of carbonyl (C=O) groups is 1. The first-order valence-corrected chi connectivity index (χ1v) is 10.7. The summed E-state index contributed by atoms with van der Waals surface area (Å²) in [6.07, 6.45) is 12.7. The minimum Gasteiger partial charge on any atom is -0.302 e. The molecule has 27 heavy (non-hydrogen) atoms. The number of anilines is 1. The van der Waals surface area contributed by atoms with Gasteiger partial charge in [0.2, 0.25) is 5.91 Å². The zero-order valence-electron chi connectivity index (χ0n) is 15.5. The van der Waals surface area contributed by atoms with E-state index in [2.05, 4.69) is 27.4 Å². The van der Waals surface area contributed by atoms with Gasteiger partial charge in [-0.15, -0.1) is 11.3 Å². The van der Waals surface area contributed by atoms with E-state index in [9.17, 15) is 4.79 Å². The number of nitrogens with one attached hydrogen (secondary N) is 1. The fraction of sp³-hybridized carbons (Fsp3) is 0.409. The number of benzene rings is 1. The Balaban J connectivity index is 1.34. The Kier molecular flexibility index (Phi) is 5.78. The molecule has 140 valence electrons. The molecular weight excluding hydrogens is 354 g/mol. The van der Waals surface area contributed by atoms with Crippen LogP contribution in [0.5, 0.6) is 0 Å². The van der Waals surface area contributed by atoms with Crippen LogP contribution in [0, 0.1) is 5.92 Å². The van der Waals surface area contributed by atoms with Crippen LogP contribution in [0.4, 0.5) is 5.13 Å². The summed E-state index contributed by atoms with van der Waals surface area (Å²) in [6, 6.07) is 10.2. The lowest BCUT2D eigenvalue weighted by Gasteiger charge is -2.20. The number of hydrogen-bond acceptors (Lipinski definition) is 4. The molecule has 1 aliphatic carbocycles. The van der Waals surface area contributed by atoms with E-state index in [1.807, 2.05) is 30.6 Å². The number of fused-ring (bicyclic) bond motifs is 1. The molecule has 0 unspecified atom stereocenters. The average Bonchev–Trinajstić information content (AvgIpc) is 3.14. The SMILES string of the molecule is O=C(CCC1CCCCC1)Nc1ncc(Cc2ccnc3ccccc23)s1. The minimum absolute atomic E-state index is 0.0934. The molecule has 1 N–H and O–H groups in total. The zero-order valence-corrected chi connectivity index (χ0v) is 16.3. The predicted octanol–water partition coefficient (Wildman–Crippen LogP) is 5.58. The third kappa shape index (κ3) is 4.72. The second-order valence-corrected chi connectivity index (χ2v) is 8.50. The topological polar surface area (TPSA) is 54.9 Å². The maximum absolute atomic E-state index is 12.2. The van der Waals surface area contributed by atoms with Crippen molar-refractivity contribution in [2.45, 2.75) is 51.4 Å². The summed E-state index contributed by atoms with van der Waals surface area (Å²) in [7, 11) is 0. The van der Waals surface area contributed by atoms with E-state index in [0.29, 0.717) is 11.6 Å². The lowest BCUT2D eigenvalue weighted by Crippen LogP contribution is -2.14. The molecule has 2 aromatic heterocycles. The van der Waals surface area contributed by atoms with Gasteiger partial charge in [0.25, 0.3) is 0 Å². The lowest BCUT2D eigenvalue weighted by atomic mass is 9.86. The van der Waals surface area contributed by atoms with E-state index < -0.39 is 0 Å². The molecule has 0 radical (unpaired) electrons. The highest BCUT2D eigenvalue weighted by atomic mass is 32.1. The Bertz CT molecular complexity index is 909. The monoisotopic (exact) mass is 379 g/mol. The maximum Gasteiger partial charge on any atom is 0.226 e. The number of aromatic nitrogens is 2. The Morgan fingerprint density at radius 1 is 1.11 bits per heavy atom. The van der Waals surface area contributed by atoms with Crippen molar-refractivity contribution in [2.75, 3.05) is 5.32 Å². The maximum atomic E-state index is 12.2. The lowest BCUT2D eigenvalue weighted by molar-refractivity contribution is -0.116. The highest BCUT2D eigenvalue weighted by Gasteiger charge is 2.15. The van der Waals surface area contributed by atoms with E-state index in [0.717, 1.165) is 29.2 Å². The van der Waals surface area contributed by atoms with Crippen LogP contribution in [0.15, 0.2) is 42.7 Å². The number of pyridine rings is 1. The normalized spacial score (nSPS) is 15.1. The Hall–Kier alpha value is -2.27. The first kappa shape index (κ1) is 18.1. The fourth-order valence-electron chi connectivity index (χ4n) is 3.94. The summed E-state index contributed by atoms with van der Waals surface area (Å²) in [6.45, 7) is 0. The van der Waals surface area contributed by atoms with Gasteiger partial charge in [-0.05, 0) is 30.0 Å². The second-order valence-electron chi connectivity index (χ2n) is 7.39. The van der Waals surface area contributed by atoms with Gasteiger partial charge in [-0.3, -0.25) is 9.78 Å². The van der Waals surface area contributed by atoms with E-state index >= 15 is 0 Å². The number of amides is 1. The first-order valence-electron chi connectivity index (χ1n) is 9.85. The van der Waals surface area contributed by atoms with Gasteiger partial charge in [-0.2, -0.15) is 0 Å². The van der Waals surface area contributed by atoms with Crippen molar-refractivity contribution in [3.63, 3.8) is 0 Å². The van der Waals surface area contributed by atoms with Crippen molar-refractivity contribution < 1.29 is 4.79 Å². The van der Waals surface area contributed by atoms with E-state index in [4.69, 9.17) is 0 Å². The van der Waals surface area contributed by atoms with Gasteiger partial charge in [-0.1, -0.05) is 50.3 Å². The third-order valence-corrected chi connectivity index (χ3v) is 6.32. The molecule has 1 aliphatic rings. The molecule has 5 heteroatoms. The van der Waals surface area contributed by atoms with E-state index in [1.54, 1.807) is 11.3 Å². The third-order valence-electron chi connectivity index (χ3n) is 5.41. The first-order chi connectivity index (χ1) is 13.3.